The molecule has 7 heteroatoms. The molecule has 1 fully saturated rings. The van der Waals surface area contributed by atoms with Crippen molar-refractivity contribution in [2.75, 3.05) is 32.2 Å². The fraction of sp³-hybridized carbons (Fsp3) is 0.300. The maximum absolute atomic E-state index is 13.1. The van der Waals surface area contributed by atoms with Crippen LogP contribution in [0.25, 0.3) is 0 Å². The van der Waals surface area contributed by atoms with Crippen LogP contribution in [0.4, 0.5) is 10.1 Å². The first-order valence-corrected chi connectivity index (χ1v) is 8.56. The number of anilines is 1. The topological polar surface area (TPSA) is 59.1 Å². The fourth-order valence-corrected chi connectivity index (χ4v) is 3.15. The first kappa shape index (κ1) is 18.7. The molecule has 0 saturated carbocycles. The highest BCUT2D eigenvalue weighted by Gasteiger charge is 2.36. The Hall–Kier alpha value is -3.09. The normalized spacial score (nSPS) is 17.0. The first-order chi connectivity index (χ1) is 13.0. The summed E-state index contributed by atoms with van der Waals surface area (Å²) in [7, 11) is 3.09. The Morgan fingerprint density at radius 1 is 1.07 bits per heavy atom. The predicted octanol–water partition coefficient (Wildman–Crippen LogP) is 2.72. The third-order valence-corrected chi connectivity index (χ3v) is 4.68. The van der Waals surface area contributed by atoms with Gasteiger partial charge in [0.1, 0.15) is 23.4 Å². The quantitative estimate of drug-likeness (QED) is 0.828. The van der Waals surface area contributed by atoms with E-state index in [2.05, 4.69) is 0 Å². The van der Waals surface area contributed by atoms with Crippen LogP contribution in [0, 0.1) is 5.82 Å². The van der Waals surface area contributed by atoms with E-state index >= 15 is 0 Å². The van der Waals surface area contributed by atoms with E-state index in [0.29, 0.717) is 35.8 Å². The second-order valence-corrected chi connectivity index (χ2v) is 6.21. The summed E-state index contributed by atoms with van der Waals surface area (Å²) in [5, 5.41) is 0. The number of piperazine rings is 1. The Labute approximate surface area is 157 Å². The number of methoxy groups -OCH3 is 2. The van der Waals surface area contributed by atoms with Crippen LogP contribution < -0.4 is 14.4 Å². The van der Waals surface area contributed by atoms with Crippen molar-refractivity contribution >= 4 is 17.5 Å². The van der Waals surface area contributed by atoms with Gasteiger partial charge in [-0.25, -0.2) is 4.39 Å². The molecule has 0 unspecified atom stereocenters. The number of carbonyl (C=O) groups excluding carboxylic acids is 2. The maximum atomic E-state index is 13.1. The van der Waals surface area contributed by atoms with Gasteiger partial charge in [-0.2, -0.15) is 0 Å². The number of nitrogens with zero attached hydrogens (tertiary/aromatic N) is 2. The van der Waals surface area contributed by atoms with Gasteiger partial charge in [-0.15, -0.1) is 0 Å². The molecule has 0 aliphatic carbocycles. The average Bonchev–Trinajstić information content (AvgIpc) is 2.69. The Kier molecular flexibility index (Phi) is 5.30. The van der Waals surface area contributed by atoms with Crippen LogP contribution >= 0.6 is 0 Å². The van der Waals surface area contributed by atoms with Crippen LogP contribution in [0.15, 0.2) is 42.5 Å². The van der Waals surface area contributed by atoms with Crippen LogP contribution in [0.1, 0.15) is 17.3 Å². The van der Waals surface area contributed by atoms with Crippen molar-refractivity contribution in [2.45, 2.75) is 13.0 Å². The van der Waals surface area contributed by atoms with Crippen LogP contribution in [0.2, 0.25) is 0 Å². The van der Waals surface area contributed by atoms with Crippen molar-refractivity contribution in [1.82, 2.24) is 4.90 Å². The molecule has 0 spiro atoms. The number of rotatable bonds is 4. The highest BCUT2D eigenvalue weighted by atomic mass is 19.1. The van der Waals surface area contributed by atoms with Crippen LogP contribution in [-0.2, 0) is 4.79 Å². The van der Waals surface area contributed by atoms with Crippen molar-refractivity contribution in [1.29, 1.82) is 0 Å². The number of benzene rings is 2. The molecular formula is C20H21FN2O4. The third kappa shape index (κ3) is 3.58. The SMILES string of the molecule is COc1ccc(OC)c(N2CCN(C(=O)c3ccc(F)cc3)[C@@H](C)C2=O)c1. The second kappa shape index (κ2) is 7.65. The summed E-state index contributed by atoms with van der Waals surface area (Å²) >= 11 is 0. The molecule has 142 valence electrons. The van der Waals surface area contributed by atoms with Crippen LogP contribution in [0.3, 0.4) is 0 Å². The number of amides is 2. The lowest BCUT2D eigenvalue weighted by Crippen LogP contribution is -2.57. The lowest BCUT2D eigenvalue weighted by molar-refractivity contribution is -0.124. The zero-order chi connectivity index (χ0) is 19.6. The monoisotopic (exact) mass is 372 g/mol. The smallest absolute Gasteiger partial charge is 0.254 e. The van der Waals surface area contributed by atoms with E-state index < -0.39 is 11.9 Å². The number of ether oxygens (including phenoxy) is 2. The minimum absolute atomic E-state index is 0.219. The molecule has 2 amide bonds. The predicted molar refractivity (Wildman–Crippen MR) is 98.8 cm³/mol. The number of halogens is 1. The van der Waals surface area contributed by atoms with Crippen molar-refractivity contribution in [3.8, 4) is 11.5 Å². The first-order valence-electron chi connectivity index (χ1n) is 8.56. The molecule has 0 aromatic heterocycles. The summed E-state index contributed by atoms with van der Waals surface area (Å²) in [5.74, 6) is 0.229. The van der Waals surface area contributed by atoms with E-state index in [0.717, 1.165) is 0 Å². The molecular weight excluding hydrogens is 351 g/mol. The summed E-state index contributed by atoms with van der Waals surface area (Å²) in [6.45, 7) is 2.35. The van der Waals surface area contributed by atoms with Crippen LogP contribution in [-0.4, -0.2) is 50.1 Å². The number of hydrogen-bond donors (Lipinski definition) is 0. The zero-order valence-electron chi connectivity index (χ0n) is 15.4. The molecule has 3 rings (SSSR count). The van der Waals surface area contributed by atoms with Crippen molar-refractivity contribution in [3.05, 3.63) is 53.8 Å². The molecule has 2 aromatic rings. The summed E-state index contributed by atoms with van der Waals surface area (Å²) < 4.78 is 23.7. The van der Waals surface area contributed by atoms with Crippen LogP contribution in [0.5, 0.6) is 11.5 Å². The Morgan fingerprint density at radius 2 is 1.78 bits per heavy atom. The minimum Gasteiger partial charge on any atom is -0.497 e. The molecule has 1 saturated heterocycles. The summed E-state index contributed by atoms with van der Waals surface area (Å²) in [5.41, 5.74) is 0.950. The van der Waals surface area contributed by atoms with Gasteiger partial charge in [0.2, 0.25) is 5.91 Å². The standard InChI is InChI=1S/C20H21FN2O4/c1-13-19(24)23(17-12-16(26-2)8-9-18(17)27-3)11-10-22(13)20(25)14-4-6-15(21)7-5-14/h4-9,12-13H,10-11H2,1-3H3/t13-/m0/s1. The summed E-state index contributed by atoms with van der Waals surface area (Å²) in [6.07, 6.45) is 0. The van der Waals surface area contributed by atoms with Gasteiger partial charge in [-0.05, 0) is 43.3 Å². The minimum atomic E-state index is -0.660. The molecule has 0 bridgehead atoms. The van der Waals surface area contributed by atoms with Gasteiger partial charge in [-0.3, -0.25) is 9.59 Å². The van der Waals surface area contributed by atoms with Gasteiger partial charge in [-0.1, -0.05) is 0 Å². The lowest BCUT2D eigenvalue weighted by Gasteiger charge is -2.39. The Morgan fingerprint density at radius 3 is 2.41 bits per heavy atom. The van der Waals surface area contributed by atoms with Gasteiger partial charge in [0.25, 0.3) is 5.91 Å². The maximum Gasteiger partial charge on any atom is 0.254 e. The average molecular weight is 372 g/mol. The van der Waals surface area contributed by atoms with Gasteiger partial charge in [0.15, 0.2) is 0 Å². The molecule has 1 heterocycles. The molecule has 1 atom stereocenters. The van der Waals surface area contributed by atoms with Crippen molar-refractivity contribution < 1.29 is 23.5 Å². The molecule has 1 aliphatic heterocycles. The third-order valence-electron chi connectivity index (χ3n) is 4.68. The highest BCUT2D eigenvalue weighted by molar-refractivity contribution is 6.04. The number of carbonyl (C=O) groups is 2. The second-order valence-electron chi connectivity index (χ2n) is 6.21. The van der Waals surface area contributed by atoms with E-state index in [9.17, 15) is 14.0 Å². The molecule has 0 N–H and O–H groups in total. The lowest BCUT2D eigenvalue weighted by atomic mass is 10.1. The van der Waals surface area contributed by atoms with E-state index in [1.807, 2.05) is 0 Å². The van der Waals surface area contributed by atoms with Gasteiger partial charge in [0, 0.05) is 24.7 Å². The largest absolute Gasteiger partial charge is 0.497 e. The van der Waals surface area contributed by atoms with E-state index in [1.54, 1.807) is 37.1 Å². The molecule has 27 heavy (non-hydrogen) atoms. The molecule has 0 radical (unpaired) electrons. The summed E-state index contributed by atoms with van der Waals surface area (Å²) in [6, 6.07) is 9.88. The van der Waals surface area contributed by atoms with Crippen molar-refractivity contribution in [2.24, 2.45) is 0 Å². The molecule has 6 nitrogen and oxygen atoms in total. The van der Waals surface area contributed by atoms with Gasteiger partial charge >= 0.3 is 0 Å². The van der Waals surface area contributed by atoms with E-state index in [1.165, 1.54) is 36.3 Å². The number of hydrogen-bond acceptors (Lipinski definition) is 4. The molecule has 2 aromatic carbocycles. The summed E-state index contributed by atoms with van der Waals surface area (Å²) in [4.78, 5) is 28.8. The zero-order valence-corrected chi connectivity index (χ0v) is 15.4. The van der Waals surface area contributed by atoms with E-state index in [-0.39, 0.29) is 11.8 Å². The van der Waals surface area contributed by atoms with Gasteiger partial charge < -0.3 is 19.3 Å². The molecule has 1 aliphatic rings. The van der Waals surface area contributed by atoms with Gasteiger partial charge in [0.05, 0.1) is 19.9 Å². The van der Waals surface area contributed by atoms with E-state index in [4.69, 9.17) is 9.47 Å². The highest BCUT2D eigenvalue weighted by Crippen LogP contribution is 2.34. The fourth-order valence-electron chi connectivity index (χ4n) is 3.15. The Bertz CT molecular complexity index is 854. The Balaban J connectivity index is 1.84. The van der Waals surface area contributed by atoms with Crippen molar-refractivity contribution in [3.63, 3.8) is 0 Å².